The van der Waals surface area contributed by atoms with Crippen molar-refractivity contribution in [3.05, 3.63) is 0 Å². The van der Waals surface area contributed by atoms with Crippen LogP contribution in [0.25, 0.3) is 0 Å². The number of amides is 1. The van der Waals surface area contributed by atoms with E-state index in [1.807, 2.05) is 0 Å². The van der Waals surface area contributed by atoms with E-state index in [2.05, 4.69) is 5.32 Å². The minimum Gasteiger partial charge on any atom is -0.372 e. The molecule has 2 rings (SSSR count). The predicted molar refractivity (Wildman–Crippen MR) is 63.8 cm³/mol. The van der Waals surface area contributed by atoms with Gasteiger partial charge < -0.3 is 19.7 Å². The van der Waals surface area contributed by atoms with Crippen LogP contribution in [-0.2, 0) is 14.3 Å². The fourth-order valence-corrected chi connectivity index (χ4v) is 2.46. The largest absolute Gasteiger partial charge is 0.372 e. The van der Waals surface area contributed by atoms with Crippen molar-refractivity contribution in [2.75, 3.05) is 40.4 Å². The van der Waals surface area contributed by atoms with Crippen molar-refractivity contribution < 1.29 is 14.3 Å². The lowest BCUT2D eigenvalue weighted by atomic mass is 9.89. The van der Waals surface area contributed by atoms with Crippen molar-refractivity contribution >= 4 is 5.91 Å². The average molecular weight is 242 g/mol. The van der Waals surface area contributed by atoms with Gasteiger partial charge in [-0.05, 0) is 25.9 Å². The molecule has 2 aliphatic rings. The molecule has 5 heteroatoms. The van der Waals surface area contributed by atoms with Crippen molar-refractivity contribution in [2.45, 2.75) is 31.0 Å². The van der Waals surface area contributed by atoms with E-state index in [9.17, 15) is 4.79 Å². The van der Waals surface area contributed by atoms with Crippen LogP contribution in [0.15, 0.2) is 0 Å². The van der Waals surface area contributed by atoms with Gasteiger partial charge in [-0.25, -0.2) is 0 Å². The summed E-state index contributed by atoms with van der Waals surface area (Å²) in [5.41, 5.74) is 0.0110. The molecule has 2 aliphatic heterocycles. The number of carbonyl (C=O) groups is 1. The number of nitrogens with one attached hydrogen (secondary N) is 1. The molecule has 0 aromatic rings. The van der Waals surface area contributed by atoms with Crippen molar-refractivity contribution in [3.8, 4) is 0 Å². The molecule has 0 aromatic heterocycles. The summed E-state index contributed by atoms with van der Waals surface area (Å²) in [6.07, 6.45) is 3.11. The lowest BCUT2D eigenvalue weighted by Gasteiger charge is -2.32. The van der Waals surface area contributed by atoms with Gasteiger partial charge in [0.05, 0.1) is 18.3 Å². The molecule has 5 nitrogen and oxygen atoms in total. The molecule has 0 aliphatic carbocycles. The average Bonchev–Trinajstić information content (AvgIpc) is 2.70. The van der Waals surface area contributed by atoms with E-state index in [0.717, 1.165) is 32.4 Å². The standard InChI is InChI=1S/C12H22N2O3/c1-14(2)11(15)9-16-10-7-12(17-8-10)3-5-13-6-4-12/h10,13H,3-9H2,1-2H3. The fraction of sp³-hybridized carbons (Fsp3) is 0.917. The Hall–Kier alpha value is -0.650. The maximum atomic E-state index is 11.4. The number of rotatable bonds is 3. The Morgan fingerprint density at radius 1 is 1.47 bits per heavy atom. The van der Waals surface area contributed by atoms with Gasteiger partial charge in [0, 0.05) is 20.5 Å². The first-order valence-electron chi connectivity index (χ1n) is 6.28. The van der Waals surface area contributed by atoms with Crippen molar-refractivity contribution in [3.63, 3.8) is 0 Å². The molecule has 2 saturated heterocycles. The second-order valence-electron chi connectivity index (χ2n) is 5.17. The summed E-state index contributed by atoms with van der Waals surface area (Å²) in [7, 11) is 3.48. The Balaban J connectivity index is 1.76. The van der Waals surface area contributed by atoms with E-state index in [4.69, 9.17) is 9.47 Å². The second kappa shape index (κ2) is 5.33. The number of ether oxygens (including phenoxy) is 2. The van der Waals surface area contributed by atoms with Crippen LogP contribution >= 0.6 is 0 Å². The summed E-state index contributed by atoms with van der Waals surface area (Å²) >= 11 is 0. The highest BCUT2D eigenvalue weighted by molar-refractivity contribution is 5.76. The maximum absolute atomic E-state index is 11.4. The minimum atomic E-state index is 0.0104. The molecular weight excluding hydrogens is 220 g/mol. The Labute approximate surface area is 102 Å². The monoisotopic (exact) mass is 242 g/mol. The quantitative estimate of drug-likeness (QED) is 0.757. The Morgan fingerprint density at radius 3 is 2.82 bits per heavy atom. The molecule has 0 aromatic carbocycles. The van der Waals surface area contributed by atoms with Crippen LogP contribution in [-0.4, -0.2) is 62.9 Å². The van der Waals surface area contributed by atoms with Crippen LogP contribution in [0, 0.1) is 0 Å². The third-order valence-corrected chi connectivity index (χ3v) is 3.63. The molecule has 1 atom stereocenters. The van der Waals surface area contributed by atoms with Gasteiger partial charge in [0.25, 0.3) is 0 Å². The van der Waals surface area contributed by atoms with E-state index in [0.29, 0.717) is 6.61 Å². The van der Waals surface area contributed by atoms with Gasteiger partial charge in [-0.15, -0.1) is 0 Å². The van der Waals surface area contributed by atoms with Gasteiger partial charge >= 0.3 is 0 Å². The van der Waals surface area contributed by atoms with E-state index in [1.54, 1.807) is 19.0 Å². The van der Waals surface area contributed by atoms with Crippen molar-refractivity contribution in [1.29, 1.82) is 0 Å². The summed E-state index contributed by atoms with van der Waals surface area (Å²) in [4.78, 5) is 13.0. The SMILES string of the molecule is CN(C)C(=O)COC1COC2(CCNCC2)C1. The highest BCUT2D eigenvalue weighted by atomic mass is 16.6. The molecule has 0 radical (unpaired) electrons. The van der Waals surface area contributed by atoms with Gasteiger partial charge in [-0.3, -0.25) is 4.79 Å². The zero-order valence-corrected chi connectivity index (χ0v) is 10.7. The summed E-state index contributed by atoms with van der Waals surface area (Å²) < 4.78 is 11.5. The van der Waals surface area contributed by atoms with Gasteiger partial charge in [0.15, 0.2) is 0 Å². The number of carbonyl (C=O) groups excluding carboxylic acids is 1. The Bertz CT molecular complexity index is 275. The molecule has 1 spiro atoms. The van der Waals surface area contributed by atoms with Crippen LogP contribution < -0.4 is 5.32 Å². The number of nitrogens with zero attached hydrogens (tertiary/aromatic N) is 1. The molecule has 98 valence electrons. The van der Waals surface area contributed by atoms with Gasteiger partial charge in [0.2, 0.25) is 5.91 Å². The minimum absolute atomic E-state index is 0.0104. The highest BCUT2D eigenvalue weighted by Crippen LogP contribution is 2.35. The van der Waals surface area contributed by atoms with Crippen LogP contribution in [0.2, 0.25) is 0 Å². The van der Waals surface area contributed by atoms with Crippen molar-refractivity contribution in [1.82, 2.24) is 10.2 Å². The Morgan fingerprint density at radius 2 is 2.18 bits per heavy atom. The van der Waals surface area contributed by atoms with Crippen LogP contribution in [0.4, 0.5) is 0 Å². The number of hydrogen-bond acceptors (Lipinski definition) is 4. The summed E-state index contributed by atoms with van der Waals surface area (Å²) in [6.45, 7) is 2.82. The Kier molecular flexibility index (Phi) is 4.01. The topological polar surface area (TPSA) is 50.8 Å². The first kappa shape index (κ1) is 12.8. The molecule has 2 fully saturated rings. The third kappa shape index (κ3) is 3.18. The first-order chi connectivity index (χ1) is 8.11. The van der Waals surface area contributed by atoms with Gasteiger partial charge in [0.1, 0.15) is 6.61 Å². The zero-order chi connectivity index (χ0) is 12.3. The molecule has 2 heterocycles. The number of likely N-dealkylation sites (N-methyl/N-ethyl adjacent to an activating group) is 1. The van der Waals surface area contributed by atoms with E-state index >= 15 is 0 Å². The smallest absolute Gasteiger partial charge is 0.248 e. The molecule has 1 unspecified atom stereocenters. The lowest BCUT2D eigenvalue weighted by Crippen LogP contribution is -2.41. The predicted octanol–water partition coefficient (Wildman–Crippen LogP) is 0.00230. The lowest BCUT2D eigenvalue weighted by molar-refractivity contribution is -0.135. The van der Waals surface area contributed by atoms with E-state index in [-0.39, 0.29) is 24.2 Å². The molecule has 0 saturated carbocycles. The van der Waals surface area contributed by atoms with E-state index < -0.39 is 0 Å². The van der Waals surface area contributed by atoms with Gasteiger partial charge in [-0.1, -0.05) is 0 Å². The van der Waals surface area contributed by atoms with Crippen molar-refractivity contribution in [2.24, 2.45) is 0 Å². The number of piperidine rings is 1. The molecular formula is C12H22N2O3. The van der Waals surface area contributed by atoms with Crippen LogP contribution in [0.1, 0.15) is 19.3 Å². The second-order valence-corrected chi connectivity index (χ2v) is 5.17. The highest BCUT2D eigenvalue weighted by Gasteiger charge is 2.41. The van der Waals surface area contributed by atoms with E-state index in [1.165, 1.54) is 0 Å². The summed E-state index contributed by atoms with van der Waals surface area (Å²) in [5, 5.41) is 3.33. The van der Waals surface area contributed by atoms with Crippen LogP contribution in [0.5, 0.6) is 0 Å². The number of hydrogen-bond donors (Lipinski definition) is 1. The van der Waals surface area contributed by atoms with Crippen LogP contribution in [0.3, 0.4) is 0 Å². The third-order valence-electron chi connectivity index (χ3n) is 3.63. The molecule has 0 bridgehead atoms. The summed E-state index contributed by atoms with van der Waals surface area (Å²) in [5.74, 6) is 0.0104. The molecule has 17 heavy (non-hydrogen) atoms. The molecule has 1 N–H and O–H groups in total. The molecule has 1 amide bonds. The zero-order valence-electron chi connectivity index (χ0n) is 10.7. The normalized spacial score (nSPS) is 27.3. The summed E-state index contributed by atoms with van der Waals surface area (Å²) in [6, 6.07) is 0. The van der Waals surface area contributed by atoms with Gasteiger partial charge in [-0.2, -0.15) is 0 Å². The first-order valence-corrected chi connectivity index (χ1v) is 6.28. The maximum Gasteiger partial charge on any atom is 0.248 e. The fourth-order valence-electron chi connectivity index (χ4n) is 2.46.